The minimum atomic E-state index is -3.81. The molecule has 1 aromatic carbocycles. The number of nitrogens with zero attached hydrogens (tertiary/aromatic N) is 4. The molecule has 2 heterocycles. The minimum absolute atomic E-state index is 0.112. The van der Waals surface area contributed by atoms with Gasteiger partial charge in [0.2, 0.25) is 5.91 Å². The average molecular weight is 378 g/mol. The predicted molar refractivity (Wildman–Crippen MR) is 94.7 cm³/mol. The summed E-state index contributed by atoms with van der Waals surface area (Å²) < 4.78 is 27.2. The Morgan fingerprint density at radius 2 is 2.15 bits per heavy atom. The Morgan fingerprint density at radius 3 is 2.88 bits per heavy atom. The first-order chi connectivity index (χ1) is 12.5. The summed E-state index contributed by atoms with van der Waals surface area (Å²) in [5.74, 6) is 0.0118. The molecule has 26 heavy (non-hydrogen) atoms. The first-order valence-electron chi connectivity index (χ1n) is 8.65. The van der Waals surface area contributed by atoms with Gasteiger partial charge in [-0.15, -0.1) is 5.10 Å². The van der Waals surface area contributed by atoms with E-state index in [2.05, 4.69) is 32.3 Å². The van der Waals surface area contributed by atoms with E-state index in [1.54, 1.807) is 23.1 Å². The van der Waals surface area contributed by atoms with Crippen molar-refractivity contribution in [1.82, 2.24) is 25.5 Å². The fraction of sp³-hybridized carbons (Fsp3) is 0.500. The molecule has 0 radical (unpaired) electrons. The highest BCUT2D eigenvalue weighted by atomic mass is 32.2. The number of unbranched alkanes of at least 4 members (excludes halogenated alkanes) is 2. The molecule has 1 aliphatic rings. The van der Waals surface area contributed by atoms with Crippen molar-refractivity contribution in [2.24, 2.45) is 0 Å². The van der Waals surface area contributed by atoms with Crippen molar-refractivity contribution in [2.75, 3.05) is 11.3 Å². The maximum atomic E-state index is 12.5. The number of anilines is 1. The number of sulfonamides is 1. The lowest BCUT2D eigenvalue weighted by Crippen LogP contribution is -2.36. The Bertz CT molecular complexity index is 866. The van der Waals surface area contributed by atoms with Crippen molar-refractivity contribution >= 4 is 21.9 Å². The van der Waals surface area contributed by atoms with E-state index in [1.165, 1.54) is 0 Å². The van der Waals surface area contributed by atoms with Crippen molar-refractivity contribution in [1.29, 1.82) is 0 Å². The summed E-state index contributed by atoms with van der Waals surface area (Å²) >= 11 is 0. The van der Waals surface area contributed by atoms with E-state index in [0.29, 0.717) is 19.5 Å². The Labute approximate surface area is 152 Å². The number of fused-ring (bicyclic) bond motifs is 1. The molecule has 1 aliphatic heterocycles. The van der Waals surface area contributed by atoms with Crippen molar-refractivity contribution in [2.45, 2.75) is 50.5 Å². The smallest absolute Gasteiger partial charge is 0.276 e. The van der Waals surface area contributed by atoms with Gasteiger partial charge in [-0.05, 0) is 41.3 Å². The van der Waals surface area contributed by atoms with E-state index in [-0.39, 0.29) is 16.8 Å². The van der Waals surface area contributed by atoms with Crippen LogP contribution in [0.2, 0.25) is 0 Å². The number of rotatable bonds is 7. The number of benzene rings is 1. The van der Waals surface area contributed by atoms with Crippen LogP contribution in [0.5, 0.6) is 0 Å². The van der Waals surface area contributed by atoms with Crippen LogP contribution in [0.1, 0.15) is 43.7 Å². The highest BCUT2D eigenvalue weighted by Crippen LogP contribution is 2.24. The maximum absolute atomic E-state index is 12.5. The topological polar surface area (TPSA) is 121 Å². The number of carbonyl (C=O) groups is 1. The maximum Gasteiger partial charge on any atom is 0.276 e. The molecule has 3 rings (SSSR count). The van der Waals surface area contributed by atoms with Gasteiger partial charge in [-0.3, -0.25) is 4.79 Å². The van der Waals surface area contributed by atoms with Crippen molar-refractivity contribution < 1.29 is 13.2 Å². The highest BCUT2D eigenvalue weighted by Gasteiger charge is 2.23. The summed E-state index contributed by atoms with van der Waals surface area (Å²) in [6.45, 7) is 3.21. The molecule has 0 spiro atoms. The van der Waals surface area contributed by atoms with Crippen molar-refractivity contribution in [3.63, 3.8) is 0 Å². The third-order valence-electron chi connectivity index (χ3n) is 4.42. The van der Waals surface area contributed by atoms with Crippen LogP contribution in [0, 0.1) is 0 Å². The van der Waals surface area contributed by atoms with Crippen molar-refractivity contribution in [3.05, 3.63) is 29.3 Å². The van der Waals surface area contributed by atoms with Crippen LogP contribution in [-0.4, -0.2) is 46.4 Å². The average Bonchev–Trinajstić information content (AvgIpc) is 3.13. The van der Waals surface area contributed by atoms with Gasteiger partial charge in [-0.1, -0.05) is 30.9 Å². The number of aromatic amines is 1. The van der Waals surface area contributed by atoms with Crippen LogP contribution in [0.15, 0.2) is 23.1 Å². The van der Waals surface area contributed by atoms with Crippen LogP contribution in [0.4, 0.5) is 5.95 Å². The second kappa shape index (κ2) is 7.81. The molecule has 10 heteroatoms. The molecule has 0 fully saturated rings. The van der Waals surface area contributed by atoms with Crippen LogP contribution < -0.4 is 4.72 Å². The number of aromatic nitrogens is 4. The summed E-state index contributed by atoms with van der Waals surface area (Å²) in [6.07, 6.45) is 4.28. The number of hydrogen-bond donors (Lipinski definition) is 2. The Hall–Kier alpha value is -2.49. The summed E-state index contributed by atoms with van der Waals surface area (Å²) in [4.78, 5) is 14.3. The van der Waals surface area contributed by atoms with Gasteiger partial charge in [-0.2, -0.15) is 5.21 Å². The molecule has 0 atom stereocenters. The molecule has 0 saturated heterocycles. The van der Waals surface area contributed by atoms with Gasteiger partial charge < -0.3 is 4.90 Å². The van der Waals surface area contributed by atoms with Gasteiger partial charge >= 0.3 is 0 Å². The fourth-order valence-corrected chi connectivity index (χ4v) is 3.97. The molecular formula is C16H22N6O3S. The summed E-state index contributed by atoms with van der Waals surface area (Å²) in [6, 6.07) is 4.97. The molecular weight excluding hydrogens is 356 g/mol. The summed E-state index contributed by atoms with van der Waals surface area (Å²) in [5, 5.41) is 12.7. The number of carbonyl (C=O) groups excluding carboxylic acids is 1. The zero-order valence-corrected chi connectivity index (χ0v) is 15.4. The van der Waals surface area contributed by atoms with Gasteiger partial charge in [0.1, 0.15) is 0 Å². The number of hydrogen-bond acceptors (Lipinski definition) is 6. The third-order valence-corrected chi connectivity index (χ3v) is 5.74. The van der Waals surface area contributed by atoms with E-state index in [1.807, 2.05) is 0 Å². The number of H-pyrrole nitrogens is 1. The van der Waals surface area contributed by atoms with Crippen LogP contribution in [0.3, 0.4) is 0 Å². The molecule has 140 valence electrons. The van der Waals surface area contributed by atoms with Crippen LogP contribution in [-0.2, 0) is 27.8 Å². The summed E-state index contributed by atoms with van der Waals surface area (Å²) in [7, 11) is -3.81. The van der Waals surface area contributed by atoms with E-state index in [0.717, 1.165) is 36.8 Å². The second-order valence-corrected chi connectivity index (χ2v) is 7.98. The molecule has 2 N–H and O–H groups in total. The number of nitrogens with one attached hydrogen (secondary N) is 2. The number of amides is 1. The Kier molecular flexibility index (Phi) is 5.50. The first-order valence-corrected chi connectivity index (χ1v) is 10.1. The third kappa shape index (κ3) is 4.18. The quantitative estimate of drug-likeness (QED) is 0.704. The highest BCUT2D eigenvalue weighted by molar-refractivity contribution is 7.92. The molecule has 2 aromatic rings. The predicted octanol–water partition coefficient (Wildman–Crippen LogP) is 1.47. The van der Waals surface area contributed by atoms with Crippen molar-refractivity contribution in [3.8, 4) is 0 Å². The molecule has 1 amide bonds. The molecule has 0 unspecified atom stereocenters. The number of tetrazole rings is 1. The first kappa shape index (κ1) is 18.3. The van der Waals surface area contributed by atoms with Gasteiger partial charge in [0, 0.05) is 19.5 Å². The van der Waals surface area contributed by atoms with E-state index < -0.39 is 10.0 Å². The van der Waals surface area contributed by atoms with E-state index in [9.17, 15) is 13.2 Å². The van der Waals surface area contributed by atoms with Gasteiger partial charge in [0.15, 0.2) is 0 Å². The Morgan fingerprint density at radius 1 is 1.31 bits per heavy atom. The molecule has 0 saturated carbocycles. The zero-order chi connectivity index (χ0) is 18.6. The SMILES string of the molecule is CCCCCC(=O)N1CCc2ccc(S(=O)(=O)Nc3nn[nH]n3)cc2C1. The van der Waals surface area contributed by atoms with Gasteiger partial charge in [0.05, 0.1) is 4.90 Å². The van der Waals surface area contributed by atoms with Gasteiger partial charge in [0.25, 0.3) is 16.0 Å². The zero-order valence-electron chi connectivity index (χ0n) is 14.6. The lowest BCUT2D eigenvalue weighted by Gasteiger charge is -2.29. The Balaban J connectivity index is 1.74. The fourth-order valence-electron chi connectivity index (χ4n) is 2.98. The van der Waals surface area contributed by atoms with Gasteiger partial charge in [-0.25, -0.2) is 13.1 Å². The largest absolute Gasteiger partial charge is 0.338 e. The van der Waals surface area contributed by atoms with E-state index in [4.69, 9.17) is 0 Å². The standard InChI is InChI=1S/C16H22N6O3S/c1-2-3-4-5-15(23)22-9-8-12-6-7-14(10-13(12)11-22)26(24,25)19-16-17-20-21-18-16/h6-7,10H,2-5,8-9,11H2,1H3,(H2,17,18,19,20,21). The lowest BCUT2D eigenvalue weighted by molar-refractivity contribution is -0.132. The molecule has 0 bridgehead atoms. The summed E-state index contributed by atoms with van der Waals surface area (Å²) in [5.41, 5.74) is 1.93. The molecule has 0 aliphatic carbocycles. The van der Waals surface area contributed by atoms with Crippen LogP contribution in [0.25, 0.3) is 0 Å². The molecule has 1 aromatic heterocycles. The lowest BCUT2D eigenvalue weighted by atomic mass is 9.99. The minimum Gasteiger partial charge on any atom is -0.338 e. The monoisotopic (exact) mass is 378 g/mol. The molecule has 9 nitrogen and oxygen atoms in total. The van der Waals surface area contributed by atoms with E-state index >= 15 is 0 Å². The van der Waals surface area contributed by atoms with Crippen LogP contribution >= 0.6 is 0 Å². The normalized spacial score (nSPS) is 14.1. The second-order valence-electron chi connectivity index (χ2n) is 6.29.